The summed E-state index contributed by atoms with van der Waals surface area (Å²) in [5.74, 6) is 0.819. The van der Waals surface area contributed by atoms with Crippen molar-refractivity contribution < 1.29 is 4.79 Å². The van der Waals surface area contributed by atoms with Gasteiger partial charge in [-0.05, 0) is 35.7 Å². The summed E-state index contributed by atoms with van der Waals surface area (Å²) in [4.78, 5) is 13.0. The molecule has 4 rings (SSSR count). The quantitative estimate of drug-likeness (QED) is 0.553. The summed E-state index contributed by atoms with van der Waals surface area (Å²) >= 11 is 0. The molecule has 28 heavy (non-hydrogen) atoms. The van der Waals surface area contributed by atoms with E-state index >= 15 is 0 Å². The first kappa shape index (κ1) is 17.8. The molecular formula is C23H22N4O. The first-order valence-corrected chi connectivity index (χ1v) is 9.34. The van der Waals surface area contributed by atoms with Crippen molar-refractivity contribution in [2.75, 3.05) is 6.54 Å². The highest BCUT2D eigenvalue weighted by Gasteiger charge is 2.20. The lowest BCUT2D eigenvalue weighted by Crippen LogP contribution is -2.28. The highest BCUT2D eigenvalue weighted by molar-refractivity contribution is 5.97. The Morgan fingerprint density at radius 2 is 1.61 bits per heavy atom. The van der Waals surface area contributed by atoms with Gasteiger partial charge in [0.1, 0.15) is 5.56 Å². The molecule has 2 heterocycles. The molecule has 0 radical (unpaired) electrons. The van der Waals surface area contributed by atoms with E-state index in [1.807, 2.05) is 77.6 Å². The molecule has 0 spiro atoms. The van der Waals surface area contributed by atoms with Crippen LogP contribution >= 0.6 is 0 Å². The topological polar surface area (TPSA) is 51.9 Å². The second kappa shape index (κ2) is 7.96. The maximum atomic E-state index is 13.0. The van der Waals surface area contributed by atoms with E-state index in [2.05, 4.69) is 29.5 Å². The Morgan fingerprint density at radius 3 is 2.29 bits per heavy atom. The van der Waals surface area contributed by atoms with E-state index in [1.54, 1.807) is 10.9 Å². The van der Waals surface area contributed by atoms with Crippen molar-refractivity contribution in [2.24, 2.45) is 0 Å². The van der Waals surface area contributed by atoms with Gasteiger partial charge in [0.25, 0.3) is 5.91 Å². The van der Waals surface area contributed by atoms with Crippen LogP contribution in [-0.4, -0.2) is 26.8 Å². The molecule has 2 aromatic carbocycles. The molecule has 1 amide bonds. The Morgan fingerprint density at radius 1 is 0.964 bits per heavy atom. The molecular weight excluding hydrogens is 348 g/mol. The third-order valence-electron chi connectivity index (χ3n) is 4.78. The molecule has 2 aromatic heterocycles. The zero-order chi connectivity index (χ0) is 19.3. The highest BCUT2D eigenvalue weighted by atomic mass is 16.1. The minimum atomic E-state index is -0.131. The lowest BCUT2D eigenvalue weighted by Gasteiger charge is -2.14. The maximum Gasteiger partial charge on any atom is 0.256 e. The Kier molecular flexibility index (Phi) is 5.06. The number of aromatic nitrogens is 3. The van der Waals surface area contributed by atoms with Crippen LogP contribution in [0.15, 0.2) is 91.4 Å². The van der Waals surface area contributed by atoms with Gasteiger partial charge in [0, 0.05) is 18.9 Å². The molecule has 1 atom stereocenters. The second-order valence-corrected chi connectivity index (χ2v) is 6.74. The third-order valence-corrected chi connectivity index (χ3v) is 4.78. The lowest BCUT2D eigenvalue weighted by molar-refractivity contribution is 0.0951. The summed E-state index contributed by atoms with van der Waals surface area (Å²) in [6, 6.07) is 23.9. The van der Waals surface area contributed by atoms with Crippen LogP contribution in [0.25, 0.3) is 11.5 Å². The molecule has 1 N–H and O–H groups in total. The molecule has 4 aromatic rings. The van der Waals surface area contributed by atoms with Crippen LogP contribution in [0.2, 0.25) is 0 Å². The van der Waals surface area contributed by atoms with Gasteiger partial charge in [-0.3, -0.25) is 4.79 Å². The molecule has 5 heteroatoms. The van der Waals surface area contributed by atoms with Crippen molar-refractivity contribution in [3.8, 4) is 11.5 Å². The largest absolute Gasteiger partial charge is 0.351 e. The molecule has 5 nitrogen and oxygen atoms in total. The SMILES string of the molecule is CC(CNC(=O)c1cnn(-c2ccccc2)c1-n1cccc1)c1ccccc1. The van der Waals surface area contributed by atoms with Crippen LogP contribution in [0.3, 0.4) is 0 Å². The predicted octanol–water partition coefficient (Wildman–Crippen LogP) is 4.20. The number of nitrogens with one attached hydrogen (secondary N) is 1. The van der Waals surface area contributed by atoms with Gasteiger partial charge < -0.3 is 9.88 Å². The fourth-order valence-electron chi connectivity index (χ4n) is 3.22. The van der Waals surface area contributed by atoms with Crippen molar-refractivity contribution in [1.29, 1.82) is 0 Å². The fourth-order valence-corrected chi connectivity index (χ4v) is 3.22. The minimum Gasteiger partial charge on any atom is -0.351 e. The summed E-state index contributed by atoms with van der Waals surface area (Å²) in [6.45, 7) is 2.67. The maximum absolute atomic E-state index is 13.0. The zero-order valence-corrected chi connectivity index (χ0v) is 15.7. The van der Waals surface area contributed by atoms with Crippen LogP contribution < -0.4 is 5.32 Å². The van der Waals surface area contributed by atoms with E-state index in [9.17, 15) is 4.79 Å². The molecule has 0 aliphatic rings. The minimum absolute atomic E-state index is 0.131. The van der Waals surface area contributed by atoms with Gasteiger partial charge in [-0.25, -0.2) is 4.68 Å². The van der Waals surface area contributed by atoms with E-state index in [-0.39, 0.29) is 11.8 Å². The van der Waals surface area contributed by atoms with Gasteiger partial charge in [0.2, 0.25) is 0 Å². The summed E-state index contributed by atoms with van der Waals surface area (Å²) in [7, 11) is 0. The Bertz CT molecular complexity index is 1040. The van der Waals surface area contributed by atoms with Crippen molar-refractivity contribution in [3.05, 3.63) is 103 Å². The number of carbonyl (C=O) groups excluding carboxylic acids is 1. The summed E-state index contributed by atoms with van der Waals surface area (Å²) in [6.07, 6.45) is 5.46. The van der Waals surface area contributed by atoms with Crippen molar-refractivity contribution in [2.45, 2.75) is 12.8 Å². The number of carbonyl (C=O) groups is 1. The van der Waals surface area contributed by atoms with Crippen LogP contribution in [0.5, 0.6) is 0 Å². The van der Waals surface area contributed by atoms with Gasteiger partial charge in [-0.2, -0.15) is 5.10 Å². The van der Waals surface area contributed by atoms with E-state index in [4.69, 9.17) is 0 Å². The standard InChI is InChI=1S/C23H22N4O/c1-18(19-10-4-2-5-11-19)16-24-22(28)21-17-25-27(20-12-6-3-7-13-20)23(21)26-14-8-9-15-26/h2-15,17-18H,16H2,1H3,(H,24,28). The highest BCUT2D eigenvalue weighted by Crippen LogP contribution is 2.20. The molecule has 0 aliphatic carbocycles. The number of benzene rings is 2. The summed E-state index contributed by atoms with van der Waals surface area (Å²) in [5.41, 5.74) is 2.65. The number of rotatable bonds is 6. The number of hydrogen-bond acceptors (Lipinski definition) is 2. The first-order chi connectivity index (χ1) is 13.7. The van der Waals surface area contributed by atoms with Crippen LogP contribution in [0.1, 0.15) is 28.8 Å². The van der Waals surface area contributed by atoms with E-state index < -0.39 is 0 Å². The molecule has 140 valence electrons. The van der Waals surface area contributed by atoms with Gasteiger partial charge in [-0.15, -0.1) is 0 Å². The van der Waals surface area contributed by atoms with E-state index in [1.165, 1.54) is 5.56 Å². The molecule has 0 bridgehead atoms. The van der Waals surface area contributed by atoms with E-state index in [0.29, 0.717) is 12.1 Å². The summed E-state index contributed by atoms with van der Waals surface area (Å²) < 4.78 is 3.70. The first-order valence-electron chi connectivity index (χ1n) is 9.34. The van der Waals surface area contributed by atoms with Gasteiger partial charge in [0.15, 0.2) is 5.82 Å². The summed E-state index contributed by atoms with van der Waals surface area (Å²) in [5, 5.41) is 7.54. The normalized spacial score (nSPS) is 11.9. The third kappa shape index (κ3) is 3.60. The Balaban J connectivity index is 1.61. The Labute approximate surface area is 164 Å². The lowest BCUT2D eigenvalue weighted by atomic mass is 10.0. The van der Waals surface area contributed by atoms with Crippen molar-refractivity contribution >= 4 is 5.91 Å². The van der Waals surface area contributed by atoms with E-state index in [0.717, 1.165) is 11.5 Å². The smallest absolute Gasteiger partial charge is 0.256 e. The van der Waals surface area contributed by atoms with Crippen molar-refractivity contribution in [3.63, 3.8) is 0 Å². The molecule has 0 fully saturated rings. The van der Waals surface area contributed by atoms with Crippen LogP contribution in [0.4, 0.5) is 0 Å². The van der Waals surface area contributed by atoms with Gasteiger partial charge >= 0.3 is 0 Å². The number of nitrogens with zero attached hydrogens (tertiary/aromatic N) is 3. The number of amides is 1. The Hall–Kier alpha value is -3.60. The second-order valence-electron chi connectivity index (χ2n) is 6.74. The zero-order valence-electron chi connectivity index (χ0n) is 15.7. The van der Waals surface area contributed by atoms with Gasteiger partial charge in [0.05, 0.1) is 11.9 Å². The average molecular weight is 370 g/mol. The van der Waals surface area contributed by atoms with Crippen LogP contribution in [-0.2, 0) is 0 Å². The fraction of sp³-hybridized carbons (Fsp3) is 0.130. The van der Waals surface area contributed by atoms with Gasteiger partial charge in [-0.1, -0.05) is 55.5 Å². The van der Waals surface area contributed by atoms with Crippen molar-refractivity contribution in [1.82, 2.24) is 19.7 Å². The molecule has 0 aliphatic heterocycles. The molecule has 1 unspecified atom stereocenters. The monoisotopic (exact) mass is 370 g/mol. The average Bonchev–Trinajstić information content (AvgIpc) is 3.42. The number of hydrogen-bond donors (Lipinski definition) is 1. The number of para-hydroxylation sites is 1. The molecule has 0 saturated heterocycles. The molecule has 0 saturated carbocycles. The predicted molar refractivity (Wildman–Crippen MR) is 110 cm³/mol. The van der Waals surface area contributed by atoms with Crippen LogP contribution in [0, 0.1) is 0 Å².